The van der Waals surface area contributed by atoms with Crippen LogP contribution in [0.5, 0.6) is 0 Å². The molecule has 0 amide bonds. The second kappa shape index (κ2) is 8.04. The molecule has 1 fully saturated rings. The van der Waals surface area contributed by atoms with Crippen molar-refractivity contribution in [2.75, 3.05) is 19.8 Å². The van der Waals surface area contributed by atoms with Crippen LogP contribution in [0.25, 0.3) is 0 Å². The van der Waals surface area contributed by atoms with Gasteiger partial charge in [0.2, 0.25) is 0 Å². The SMILES string of the molecule is CC(C)NCC(O)COCC1CCCCC1. The Hall–Kier alpha value is -0.120. The highest BCUT2D eigenvalue weighted by Gasteiger charge is 2.14. The lowest BCUT2D eigenvalue weighted by molar-refractivity contribution is 0.0153. The fraction of sp³-hybridized carbons (Fsp3) is 1.00. The topological polar surface area (TPSA) is 41.5 Å². The number of hydrogen-bond acceptors (Lipinski definition) is 3. The fourth-order valence-corrected chi connectivity index (χ4v) is 2.16. The summed E-state index contributed by atoms with van der Waals surface area (Å²) >= 11 is 0. The van der Waals surface area contributed by atoms with Crippen molar-refractivity contribution >= 4 is 0 Å². The van der Waals surface area contributed by atoms with Crippen LogP contribution < -0.4 is 5.32 Å². The van der Waals surface area contributed by atoms with Gasteiger partial charge in [-0.15, -0.1) is 0 Å². The molecule has 16 heavy (non-hydrogen) atoms. The maximum atomic E-state index is 9.64. The molecule has 3 nitrogen and oxygen atoms in total. The van der Waals surface area contributed by atoms with Gasteiger partial charge in [0.25, 0.3) is 0 Å². The van der Waals surface area contributed by atoms with Gasteiger partial charge in [0, 0.05) is 19.2 Å². The standard InChI is InChI=1S/C13H27NO2/c1-11(2)14-8-13(15)10-16-9-12-6-4-3-5-7-12/h11-15H,3-10H2,1-2H3. The minimum atomic E-state index is -0.369. The molecule has 1 rings (SSSR count). The van der Waals surface area contributed by atoms with Crippen molar-refractivity contribution in [2.45, 2.75) is 58.1 Å². The minimum absolute atomic E-state index is 0.369. The van der Waals surface area contributed by atoms with E-state index >= 15 is 0 Å². The van der Waals surface area contributed by atoms with Crippen LogP contribution in [0, 0.1) is 5.92 Å². The van der Waals surface area contributed by atoms with Crippen molar-refractivity contribution in [1.82, 2.24) is 5.32 Å². The Balaban J connectivity index is 1.96. The first kappa shape index (κ1) is 13.9. The summed E-state index contributed by atoms with van der Waals surface area (Å²) in [6.45, 7) is 6.09. The van der Waals surface area contributed by atoms with Crippen molar-refractivity contribution in [1.29, 1.82) is 0 Å². The summed E-state index contributed by atoms with van der Waals surface area (Å²) in [6.07, 6.45) is 6.33. The van der Waals surface area contributed by atoms with Crippen LogP contribution in [0.2, 0.25) is 0 Å². The molecule has 1 saturated carbocycles. The average molecular weight is 229 g/mol. The van der Waals surface area contributed by atoms with Gasteiger partial charge in [-0.2, -0.15) is 0 Å². The summed E-state index contributed by atoms with van der Waals surface area (Å²) < 4.78 is 5.58. The highest BCUT2D eigenvalue weighted by Crippen LogP contribution is 2.23. The second-order valence-electron chi connectivity index (χ2n) is 5.26. The first-order valence-corrected chi connectivity index (χ1v) is 6.67. The second-order valence-corrected chi connectivity index (χ2v) is 5.26. The maximum absolute atomic E-state index is 9.64. The smallest absolute Gasteiger partial charge is 0.0897 e. The van der Waals surface area contributed by atoms with E-state index in [4.69, 9.17) is 4.74 Å². The van der Waals surface area contributed by atoms with Crippen molar-refractivity contribution in [3.63, 3.8) is 0 Å². The van der Waals surface area contributed by atoms with E-state index in [1.807, 2.05) is 0 Å². The van der Waals surface area contributed by atoms with Crippen LogP contribution >= 0.6 is 0 Å². The van der Waals surface area contributed by atoms with E-state index in [9.17, 15) is 5.11 Å². The number of nitrogens with one attached hydrogen (secondary N) is 1. The van der Waals surface area contributed by atoms with E-state index in [2.05, 4.69) is 19.2 Å². The van der Waals surface area contributed by atoms with Gasteiger partial charge in [0.1, 0.15) is 0 Å². The predicted octanol–water partition coefficient (Wildman–Crippen LogP) is 1.94. The summed E-state index contributed by atoms with van der Waals surface area (Å²) in [5, 5.41) is 12.8. The van der Waals surface area contributed by atoms with E-state index in [-0.39, 0.29) is 6.10 Å². The summed E-state index contributed by atoms with van der Waals surface area (Å²) in [7, 11) is 0. The molecule has 0 aromatic rings. The Kier molecular flexibility index (Phi) is 7.01. The van der Waals surface area contributed by atoms with Gasteiger partial charge < -0.3 is 15.2 Å². The molecule has 96 valence electrons. The third-order valence-electron chi connectivity index (χ3n) is 3.15. The minimum Gasteiger partial charge on any atom is -0.389 e. The zero-order valence-electron chi connectivity index (χ0n) is 10.7. The molecule has 1 aliphatic rings. The summed E-state index contributed by atoms with van der Waals surface area (Å²) in [4.78, 5) is 0. The Labute approximate surface area is 99.6 Å². The Bertz CT molecular complexity index is 167. The molecule has 1 unspecified atom stereocenters. The zero-order chi connectivity index (χ0) is 11.8. The molecule has 0 heterocycles. The third kappa shape index (κ3) is 6.46. The molecule has 1 aliphatic carbocycles. The maximum Gasteiger partial charge on any atom is 0.0897 e. The van der Waals surface area contributed by atoms with Crippen LogP contribution in [0.4, 0.5) is 0 Å². The van der Waals surface area contributed by atoms with E-state index in [1.165, 1.54) is 32.1 Å². The fourth-order valence-electron chi connectivity index (χ4n) is 2.16. The lowest BCUT2D eigenvalue weighted by Crippen LogP contribution is -2.34. The number of aliphatic hydroxyl groups excluding tert-OH is 1. The van der Waals surface area contributed by atoms with Crippen LogP contribution in [-0.4, -0.2) is 37.0 Å². The molecule has 0 spiro atoms. The van der Waals surface area contributed by atoms with Crippen LogP contribution in [-0.2, 0) is 4.74 Å². The van der Waals surface area contributed by atoms with Crippen LogP contribution in [0.1, 0.15) is 46.0 Å². The lowest BCUT2D eigenvalue weighted by Gasteiger charge is -2.22. The lowest BCUT2D eigenvalue weighted by atomic mass is 9.90. The molecule has 0 radical (unpaired) electrons. The number of ether oxygens (including phenoxy) is 1. The van der Waals surface area contributed by atoms with Gasteiger partial charge in [-0.1, -0.05) is 33.1 Å². The highest BCUT2D eigenvalue weighted by atomic mass is 16.5. The third-order valence-corrected chi connectivity index (χ3v) is 3.15. The average Bonchev–Trinajstić information content (AvgIpc) is 2.28. The van der Waals surface area contributed by atoms with E-state index in [0.717, 1.165) is 12.5 Å². The van der Waals surface area contributed by atoms with Gasteiger partial charge in [-0.05, 0) is 18.8 Å². The van der Waals surface area contributed by atoms with E-state index in [0.29, 0.717) is 19.2 Å². The summed E-state index contributed by atoms with van der Waals surface area (Å²) in [5.74, 6) is 0.735. The van der Waals surface area contributed by atoms with Gasteiger partial charge in [0.05, 0.1) is 12.7 Å². The summed E-state index contributed by atoms with van der Waals surface area (Å²) in [5.41, 5.74) is 0. The zero-order valence-corrected chi connectivity index (χ0v) is 10.7. The quantitative estimate of drug-likeness (QED) is 0.701. The Morgan fingerprint density at radius 3 is 2.56 bits per heavy atom. The molecule has 0 saturated heterocycles. The molecular formula is C13H27NO2. The molecule has 0 bridgehead atoms. The monoisotopic (exact) mass is 229 g/mol. The van der Waals surface area contributed by atoms with Crippen LogP contribution in [0.3, 0.4) is 0 Å². The van der Waals surface area contributed by atoms with E-state index in [1.54, 1.807) is 0 Å². The largest absolute Gasteiger partial charge is 0.389 e. The van der Waals surface area contributed by atoms with Gasteiger partial charge in [0.15, 0.2) is 0 Å². The van der Waals surface area contributed by atoms with Crippen molar-refractivity contribution in [3.8, 4) is 0 Å². The summed E-state index contributed by atoms with van der Waals surface area (Å²) in [6, 6.07) is 0.424. The van der Waals surface area contributed by atoms with Gasteiger partial charge in [-0.3, -0.25) is 0 Å². The van der Waals surface area contributed by atoms with Crippen LogP contribution in [0.15, 0.2) is 0 Å². The normalized spacial score (nSPS) is 20.2. The number of aliphatic hydroxyl groups is 1. The molecule has 0 aromatic carbocycles. The number of rotatable bonds is 7. The first-order chi connectivity index (χ1) is 7.68. The molecule has 3 heteroatoms. The van der Waals surface area contributed by atoms with Gasteiger partial charge >= 0.3 is 0 Å². The first-order valence-electron chi connectivity index (χ1n) is 6.67. The molecule has 1 atom stereocenters. The van der Waals surface area contributed by atoms with Crippen molar-refractivity contribution in [2.24, 2.45) is 5.92 Å². The Morgan fingerprint density at radius 1 is 1.25 bits per heavy atom. The number of hydrogen-bond donors (Lipinski definition) is 2. The predicted molar refractivity (Wildman–Crippen MR) is 66.5 cm³/mol. The van der Waals surface area contributed by atoms with Crippen molar-refractivity contribution in [3.05, 3.63) is 0 Å². The molecule has 0 aromatic heterocycles. The molecular weight excluding hydrogens is 202 g/mol. The van der Waals surface area contributed by atoms with Gasteiger partial charge in [-0.25, -0.2) is 0 Å². The molecule has 2 N–H and O–H groups in total. The van der Waals surface area contributed by atoms with E-state index < -0.39 is 0 Å². The Morgan fingerprint density at radius 2 is 1.94 bits per heavy atom. The highest BCUT2D eigenvalue weighted by molar-refractivity contribution is 4.66. The molecule has 0 aliphatic heterocycles. The van der Waals surface area contributed by atoms with Crippen molar-refractivity contribution < 1.29 is 9.84 Å².